The van der Waals surface area contributed by atoms with Crippen LogP contribution in [0.4, 0.5) is 0 Å². The van der Waals surface area contributed by atoms with Gasteiger partial charge >= 0.3 is 0 Å². The highest BCUT2D eigenvalue weighted by Gasteiger charge is 2.15. The zero-order valence-electron chi connectivity index (χ0n) is 26.0. The van der Waals surface area contributed by atoms with E-state index < -0.39 is 0 Å². The fourth-order valence-electron chi connectivity index (χ4n) is 5.67. The summed E-state index contributed by atoms with van der Waals surface area (Å²) in [6.07, 6.45) is 34.3. The molecule has 1 rings (SSSR count). The third kappa shape index (κ3) is 21.8. The van der Waals surface area contributed by atoms with Crippen molar-refractivity contribution in [2.45, 2.75) is 181 Å². The molecular weight excluding hydrogens is 466 g/mol. The third-order valence-electron chi connectivity index (χ3n) is 8.22. The van der Waals surface area contributed by atoms with Crippen molar-refractivity contribution in [3.05, 3.63) is 0 Å². The lowest BCUT2D eigenvalue weighted by atomic mass is 10.0. The Balaban J connectivity index is 1.88. The van der Waals surface area contributed by atoms with E-state index in [0.29, 0.717) is 6.42 Å². The summed E-state index contributed by atoms with van der Waals surface area (Å²) >= 11 is 0. The fraction of sp³-hybridized carbons (Fsp3) is 0.941. The lowest BCUT2D eigenvalue weighted by Crippen LogP contribution is -2.32. The molecule has 1 heterocycles. The van der Waals surface area contributed by atoms with Crippen molar-refractivity contribution in [1.29, 1.82) is 0 Å². The Morgan fingerprint density at radius 1 is 0.632 bits per heavy atom. The van der Waals surface area contributed by atoms with Crippen molar-refractivity contribution in [2.75, 3.05) is 26.2 Å². The molecule has 0 atom stereocenters. The first kappa shape index (κ1) is 35.0. The Labute approximate surface area is 238 Å². The van der Waals surface area contributed by atoms with E-state index in [1.165, 1.54) is 147 Å². The van der Waals surface area contributed by atoms with Crippen molar-refractivity contribution in [2.24, 2.45) is 4.99 Å². The summed E-state index contributed by atoms with van der Waals surface area (Å²) in [6, 6.07) is 0. The molecule has 224 valence electrons. The van der Waals surface area contributed by atoms with Crippen LogP contribution < -0.4 is 5.32 Å². The maximum Gasteiger partial charge on any atom is 0.219 e. The summed E-state index contributed by atoms with van der Waals surface area (Å²) in [7, 11) is 0. The van der Waals surface area contributed by atoms with Crippen LogP contribution in [0.25, 0.3) is 0 Å². The van der Waals surface area contributed by atoms with Crippen LogP contribution in [0.2, 0.25) is 0 Å². The highest BCUT2D eigenvalue weighted by atomic mass is 16.1. The number of hydrogen-bond acceptors (Lipinski definition) is 3. The lowest BCUT2D eigenvalue weighted by Gasteiger charge is -2.20. The predicted octanol–water partition coefficient (Wildman–Crippen LogP) is 10.00. The van der Waals surface area contributed by atoms with Crippen LogP contribution in [-0.4, -0.2) is 42.8 Å². The summed E-state index contributed by atoms with van der Waals surface area (Å²) in [5.41, 5.74) is 0. The van der Waals surface area contributed by atoms with Gasteiger partial charge < -0.3 is 10.2 Å². The van der Waals surface area contributed by atoms with E-state index in [4.69, 9.17) is 4.99 Å². The predicted molar refractivity (Wildman–Crippen MR) is 168 cm³/mol. The van der Waals surface area contributed by atoms with Gasteiger partial charge in [-0.2, -0.15) is 0 Å². The van der Waals surface area contributed by atoms with Crippen molar-refractivity contribution in [1.82, 2.24) is 10.2 Å². The quantitative estimate of drug-likeness (QED) is 0.0972. The zero-order chi connectivity index (χ0) is 27.4. The molecule has 4 nitrogen and oxygen atoms in total. The Morgan fingerprint density at radius 3 is 1.58 bits per heavy atom. The average Bonchev–Trinajstić information content (AvgIpc) is 3.37. The maximum atomic E-state index is 12.2. The number of unbranched alkanes of at least 4 members (excludes halogenated alkanes) is 21. The van der Waals surface area contributed by atoms with Crippen molar-refractivity contribution in [3.63, 3.8) is 0 Å². The SMILES string of the molecule is CCCCCCCCCCCCCCC1=NCCN1CCCNC(=O)CCCCCCCCCCCCC. The normalized spacial score (nSPS) is 13.3. The first-order valence-electron chi connectivity index (χ1n) is 17.3. The third-order valence-corrected chi connectivity index (χ3v) is 8.22. The smallest absolute Gasteiger partial charge is 0.219 e. The molecule has 1 N–H and O–H groups in total. The van der Waals surface area contributed by atoms with E-state index in [1.807, 2.05) is 0 Å². The molecule has 0 radical (unpaired) electrons. The largest absolute Gasteiger partial charge is 0.358 e. The number of aliphatic imine (C=N–C) groups is 1. The minimum absolute atomic E-state index is 0.243. The molecule has 1 aliphatic rings. The van der Waals surface area contributed by atoms with Crippen molar-refractivity contribution in [3.8, 4) is 0 Å². The lowest BCUT2D eigenvalue weighted by molar-refractivity contribution is -0.121. The molecule has 0 fully saturated rings. The van der Waals surface area contributed by atoms with Crippen LogP contribution in [0.1, 0.15) is 181 Å². The molecule has 0 aromatic carbocycles. The molecule has 1 amide bonds. The highest BCUT2D eigenvalue weighted by molar-refractivity contribution is 5.83. The minimum atomic E-state index is 0.243. The Hall–Kier alpha value is -1.06. The van der Waals surface area contributed by atoms with Crippen LogP contribution in [0.5, 0.6) is 0 Å². The number of nitrogens with one attached hydrogen (secondary N) is 1. The van der Waals surface area contributed by atoms with Gasteiger partial charge in [0.1, 0.15) is 0 Å². The van der Waals surface area contributed by atoms with Crippen LogP contribution in [0.15, 0.2) is 4.99 Å². The summed E-state index contributed by atoms with van der Waals surface area (Å²) in [5, 5.41) is 3.14. The van der Waals surface area contributed by atoms with Crippen molar-refractivity contribution < 1.29 is 4.79 Å². The maximum absolute atomic E-state index is 12.2. The molecule has 0 aliphatic carbocycles. The molecule has 0 saturated heterocycles. The van der Waals surface area contributed by atoms with Gasteiger partial charge in [-0.1, -0.05) is 149 Å². The van der Waals surface area contributed by atoms with Crippen molar-refractivity contribution >= 4 is 11.7 Å². The second-order valence-electron chi connectivity index (χ2n) is 11.9. The highest BCUT2D eigenvalue weighted by Crippen LogP contribution is 2.15. The first-order valence-corrected chi connectivity index (χ1v) is 17.3. The van der Waals surface area contributed by atoms with Gasteiger partial charge in [-0.25, -0.2) is 0 Å². The van der Waals surface area contributed by atoms with Gasteiger partial charge in [-0.05, 0) is 19.3 Å². The molecule has 0 unspecified atom stereocenters. The second-order valence-corrected chi connectivity index (χ2v) is 11.9. The van der Waals surface area contributed by atoms with Crippen LogP contribution in [0.3, 0.4) is 0 Å². The Bertz CT molecular complexity index is 548. The van der Waals surface area contributed by atoms with Crippen LogP contribution in [0, 0.1) is 0 Å². The molecule has 4 heteroatoms. The van der Waals surface area contributed by atoms with Crippen LogP contribution in [-0.2, 0) is 4.79 Å². The Kier molecular flexibility index (Phi) is 25.3. The topological polar surface area (TPSA) is 44.7 Å². The Morgan fingerprint density at radius 2 is 1.08 bits per heavy atom. The zero-order valence-corrected chi connectivity index (χ0v) is 26.0. The number of carbonyl (C=O) groups excluding carboxylic acids is 1. The van der Waals surface area contributed by atoms with Crippen LogP contribution >= 0.6 is 0 Å². The van der Waals surface area contributed by atoms with E-state index >= 15 is 0 Å². The molecule has 38 heavy (non-hydrogen) atoms. The molecule has 0 aromatic heterocycles. The molecule has 1 aliphatic heterocycles. The summed E-state index contributed by atoms with van der Waals surface area (Å²) in [5.74, 6) is 1.57. The number of rotatable bonds is 29. The molecule has 0 saturated carbocycles. The minimum Gasteiger partial charge on any atom is -0.358 e. The molecule has 0 aromatic rings. The number of amidine groups is 1. The van der Waals surface area contributed by atoms with Gasteiger partial charge in [0.15, 0.2) is 0 Å². The second kappa shape index (κ2) is 27.5. The van der Waals surface area contributed by atoms with E-state index in [0.717, 1.165) is 45.4 Å². The fourth-order valence-corrected chi connectivity index (χ4v) is 5.67. The summed E-state index contributed by atoms with van der Waals surface area (Å²) in [6.45, 7) is 8.44. The monoisotopic (exact) mass is 534 g/mol. The van der Waals surface area contributed by atoms with E-state index in [1.54, 1.807) is 0 Å². The van der Waals surface area contributed by atoms with Gasteiger partial charge in [-0.3, -0.25) is 9.79 Å². The number of hydrogen-bond donors (Lipinski definition) is 1. The van der Waals surface area contributed by atoms with Gasteiger partial charge in [0, 0.05) is 32.5 Å². The van der Waals surface area contributed by atoms with Gasteiger partial charge in [0.05, 0.1) is 12.4 Å². The van der Waals surface area contributed by atoms with E-state index in [9.17, 15) is 4.79 Å². The van der Waals surface area contributed by atoms with E-state index in [2.05, 4.69) is 24.1 Å². The number of amides is 1. The summed E-state index contributed by atoms with van der Waals surface area (Å²) in [4.78, 5) is 19.4. The van der Waals surface area contributed by atoms with E-state index in [-0.39, 0.29) is 5.91 Å². The molecule has 0 bridgehead atoms. The van der Waals surface area contributed by atoms with Gasteiger partial charge in [0.2, 0.25) is 5.91 Å². The number of carbonyl (C=O) groups is 1. The van der Waals surface area contributed by atoms with Gasteiger partial charge in [-0.15, -0.1) is 0 Å². The van der Waals surface area contributed by atoms with Gasteiger partial charge in [0.25, 0.3) is 0 Å². The molecular formula is C34H67N3O. The molecule has 0 spiro atoms. The first-order chi connectivity index (χ1) is 18.8. The average molecular weight is 534 g/mol. The number of nitrogens with zero attached hydrogens (tertiary/aromatic N) is 2. The standard InChI is InChI=1S/C34H67N3O/c1-3-5-7-9-11-13-15-17-18-20-22-24-27-33-35-30-32-37(33)31-26-29-36-34(38)28-25-23-21-19-16-14-12-10-8-6-4-2/h3-32H2,1-2H3,(H,36,38). The summed E-state index contributed by atoms with van der Waals surface area (Å²) < 4.78 is 0.